The molecule has 2 N–H and O–H groups in total. The van der Waals surface area contributed by atoms with E-state index in [9.17, 15) is 10.1 Å². The third kappa shape index (κ3) is 5.78. The number of anilines is 2. The number of halogens is 2. The van der Waals surface area contributed by atoms with Crippen molar-refractivity contribution in [3.63, 3.8) is 0 Å². The summed E-state index contributed by atoms with van der Waals surface area (Å²) >= 11 is 13.4. The third-order valence-electron chi connectivity index (χ3n) is 3.77. The number of hydrogen-bond donors (Lipinski definition) is 2. The normalized spacial score (nSPS) is 10.9. The molecule has 29 heavy (non-hydrogen) atoms. The highest BCUT2D eigenvalue weighted by atomic mass is 35.5. The number of nitrogens with zero attached hydrogens (tertiary/aromatic N) is 1. The molecule has 144 valence electrons. The van der Waals surface area contributed by atoms with Crippen LogP contribution in [0.2, 0.25) is 10.0 Å². The highest BCUT2D eigenvalue weighted by molar-refractivity contribution is 7.99. The number of para-hydroxylation sites is 1. The molecule has 4 nitrogen and oxygen atoms in total. The summed E-state index contributed by atoms with van der Waals surface area (Å²) in [6.45, 7) is 0. The fourth-order valence-corrected chi connectivity index (χ4v) is 3.57. The predicted octanol–water partition coefficient (Wildman–Crippen LogP) is 6.60. The molecule has 1 amide bonds. The van der Waals surface area contributed by atoms with Gasteiger partial charge in [-0.15, -0.1) is 0 Å². The van der Waals surface area contributed by atoms with Gasteiger partial charge < -0.3 is 10.6 Å². The summed E-state index contributed by atoms with van der Waals surface area (Å²) in [7, 11) is 0. The maximum Gasteiger partial charge on any atom is 0.267 e. The first kappa shape index (κ1) is 20.8. The lowest BCUT2D eigenvalue weighted by molar-refractivity contribution is -0.112. The monoisotopic (exact) mass is 439 g/mol. The van der Waals surface area contributed by atoms with Crippen molar-refractivity contribution in [2.24, 2.45) is 0 Å². The second-order valence-electron chi connectivity index (χ2n) is 5.81. The Morgan fingerprint density at radius 3 is 2.41 bits per heavy atom. The van der Waals surface area contributed by atoms with Gasteiger partial charge >= 0.3 is 0 Å². The average Bonchev–Trinajstić information content (AvgIpc) is 2.73. The molecule has 0 heterocycles. The first-order chi connectivity index (χ1) is 14.1. The van der Waals surface area contributed by atoms with Crippen LogP contribution in [0.1, 0.15) is 0 Å². The number of hydrogen-bond acceptors (Lipinski definition) is 4. The molecule has 0 aliphatic heterocycles. The Morgan fingerprint density at radius 1 is 0.966 bits per heavy atom. The summed E-state index contributed by atoms with van der Waals surface area (Å²) in [5.41, 5.74) is 1.16. The Hall–Kier alpha value is -2.91. The van der Waals surface area contributed by atoms with Gasteiger partial charge in [0.2, 0.25) is 0 Å². The van der Waals surface area contributed by atoms with Gasteiger partial charge in [-0.2, -0.15) is 5.26 Å². The molecule has 0 aliphatic carbocycles. The van der Waals surface area contributed by atoms with Crippen molar-refractivity contribution in [3.05, 3.63) is 94.6 Å². The molecule has 0 saturated carbocycles. The molecule has 3 aromatic rings. The highest BCUT2D eigenvalue weighted by Gasteiger charge is 2.12. The Balaban J connectivity index is 1.74. The number of nitriles is 1. The largest absolute Gasteiger partial charge is 0.360 e. The van der Waals surface area contributed by atoms with Crippen molar-refractivity contribution >= 4 is 52.2 Å². The molecule has 0 atom stereocenters. The Bertz CT molecular complexity index is 1090. The van der Waals surface area contributed by atoms with Gasteiger partial charge in [-0.25, -0.2) is 0 Å². The van der Waals surface area contributed by atoms with Crippen molar-refractivity contribution < 1.29 is 4.79 Å². The van der Waals surface area contributed by atoms with E-state index in [4.69, 9.17) is 23.2 Å². The molecule has 3 aromatic carbocycles. The number of benzene rings is 3. The summed E-state index contributed by atoms with van der Waals surface area (Å²) in [6, 6.07) is 24.1. The van der Waals surface area contributed by atoms with Crippen LogP contribution in [0.15, 0.2) is 94.4 Å². The fourth-order valence-electron chi connectivity index (χ4n) is 2.35. The zero-order valence-electron chi connectivity index (χ0n) is 15.0. The van der Waals surface area contributed by atoms with E-state index in [1.807, 2.05) is 54.6 Å². The number of carbonyl (C=O) groups excluding carboxylic acids is 1. The maximum atomic E-state index is 12.6. The van der Waals surface area contributed by atoms with E-state index in [2.05, 4.69) is 10.6 Å². The van der Waals surface area contributed by atoms with Crippen molar-refractivity contribution in [2.75, 3.05) is 10.6 Å². The molecule has 0 aliphatic rings. The molecule has 0 bridgehead atoms. The average molecular weight is 440 g/mol. The van der Waals surface area contributed by atoms with Crippen LogP contribution in [-0.2, 0) is 4.79 Å². The molecule has 0 saturated heterocycles. The van der Waals surface area contributed by atoms with Crippen molar-refractivity contribution in [3.8, 4) is 6.07 Å². The highest BCUT2D eigenvalue weighted by Crippen LogP contribution is 2.33. The van der Waals surface area contributed by atoms with E-state index < -0.39 is 5.91 Å². The van der Waals surface area contributed by atoms with E-state index in [0.717, 1.165) is 9.79 Å². The Labute approximate surface area is 183 Å². The summed E-state index contributed by atoms with van der Waals surface area (Å²) < 4.78 is 0. The van der Waals surface area contributed by atoms with Gasteiger partial charge in [0.1, 0.15) is 11.6 Å². The fraction of sp³-hybridized carbons (Fsp3) is 0. The van der Waals surface area contributed by atoms with Crippen LogP contribution in [0.5, 0.6) is 0 Å². The number of rotatable bonds is 6. The van der Waals surface area contributed by atoms with Crippen LogP contribution in [0, 0.1) is 11.3 Å². The third-order valence-corrected chi connectivity index (χ3v) is 5.60. The topological polar surface area (TPSA) is 64.9 Å². The van der Waals surface area contributed by atoms with Crippen LogP contribution in [-0.4, -0.2) is 5.91 Å². The molecular weight excluding hydrogens is 425 g/mol. The summed E-state index contributed by atoms with van der Waals surface area (Å²) in [5, 5.41) is 15.9. The Morgan fingerprint density at radius 2 is 1.69 bits per heavy atom. The van der Waals surface area contributed by atoms with E-state index in [1.54, 1.807) is 24.3 Å². The van der Waals surface area contributed by atoms with Gasteiger partial charge in [-0.05, 0) is 42.5 Å². The lowest BCUT2D eigenvalue weighted by atomic mass is 10.2. The minimum atomic E-state index is -0.513. The summed E-state index contributed by atoms with van der Waals surface area (Å²) in [4.78, 5) is 14.5. The van der Waals surface area contributed by atoms with Gasteiger partial charge in [0.05, 0.1) is 15.7 Å². The van der Waals surface area contributed by atoms with Crippen molar-refractivity contribution in [1.29, 1.82) is 5.26 Å². The molecular formula is C22H15Cl2N3OS. The lowest BCUT2D eigenvalue weighted by Gasteiger charge is -2.10. The van der Waals surface area contributed by atoms with Crippen LogP contribution in [0.3, 0.4) is 0 Å². The van der Waals surface area contributed by atoms with Gasteiger partial charge in [0, 0.05) is 21.7 Å². The number of amides is 1. The summed E-state index contributed by atoms with van der Waals surface area (Å²) in [6.07, 6.45) is 1.34. The molecule has 3 rings (SSSR count). The lowest BCUT2D eigenvalue weighted by Crippen LogP contribution is -2.15. The maximum absolute atomic E-state index is 12.6. The van der Waals surface area contributed by atoms with Crippen LogP contribution in [0.4, 0.5) is 11.4 Å². The van der Waals surface area contributed by atoms with E-state index in [-0.39, 0.29) is 5.57 Å². The minimum absolute atomic E-state index is 0.0735. The van der Waals surface area contributed by atoms with Crippen LogP contribution in [0.25, 0.3) is 0 Å². The number of nitrogens with one attached hydrogen (secondary N) is 2. The van der Waals surface area contributed by atoms with Gasteiger partial charge in [-0.3, -0.25) is 4.79 Å². The molecule has 0 radical (unpaired) electrons. The summed E-state index contributed by atoms with van der Waals surface area (Å²) in [5.74, 6) is -0.513. The van der Waals surface area contributed by atoms with E-state index >= 15 is 0 Å². The minimum Gasteiger partial charge on any atom is -0.360 e. The van der Waals surface area contributed by atoms with Crippen molar-refractivity contribution in [1.82, 2.24) is 0 Å². The SMILES string of the molecule is N#C/C(=C/Nc1ccc(Cl)c(Cl)c1)C(=O)Nc1ccccc1Sc1ccccc1. The quantitative estimate of drug-likeness (QED) is 0.335. The zero-order valence-corrected chi connectivity index (χ0v) is 17.4. The molecule has 0 aromatic heterocycles. The molecule has 0 unspecified atom stereocenters. The zero-order chi connectivity index (χ0) is 20.6. The van der Waals surface area contributed by atoms with E-state index in [0.29, 0.717) is 21.4 Å². The predicted molar refractivity (Wildman–Crippen MR) is 119 cm³/mol. The second kappa shape index (κ2) is 10.0. The first-order valence-corrected chi connectivity index (χ1v) is 10.1. The van der Waals surface area contributed by atoms with Crippen molar-refractivity contribution in [2.45, 2.75) is 9.79 Å². The molecule has 7 heteroatoms. The standard InChI is InChI=1S/C22H15Cl2N3OS/c23-18-11-10-16(12-19(18)24)26-14-15(13-25)22(28)27-20-8-4-5-9-21(20)29-17-6-2-1-3-7-17/h1-12,14,26H,(H,27,28)/b15-14-. The van der Waals surface area contributed by atoms with E-state index in [1.165, 1.54) is 18.0 Å². The number of carbonyl (C=O) groups is 1. The smallest absolute Gasteiger partial charge is 0.267 e. The molecule has 0 spiro atoms. The molecule has 0 fully saturated rings. The Kier molecular flexibility index (Phi) is 7.20. The second-order valence-corrected chi connectivity index (χ2v) is 7.74. The van der Waals surface area contributed by atoms with Crippen LogP contribution < -0.4 is 10.6 Å². The van der Waals surface area contributed by atoms with Gasteiger partial charge in [0.15, 0.2) is 0 Å². The van der Waals surface area contributed by atoms with Gasteiger partial charge in [0.25, 0.3) is 5.91 Å². The first-order valence-electron chi connectivity index (χ1n) is 8.52. The van der Waals surface area contributed by atoms with Crippen LogP contribution >= 0.6 is 35.0 Å². The van der Waals surface area contributed by atoms with Gasteiger partial charge in [-0.1, -0.05) is 65.3 Å².